The fraction of sp³-hybridized carbons (Fsp3) is 0.227. The Morgan fingerprint density at radius 1 is 1.35 bits per heavy atom. The summed E-state index contributed by atoms with van der Waals surface area (Å²) in [6.07, 6.45) is 4.14. The van der Waals surface area contributed by atoms with E-state index >= 15 is 0 Å². The summed E-state index contributed by atoms with van der Waals surface area (Å²) in [5, 5.41) is 15.2. The predicted octanol–water partition coefficient (Wildman–Crippen LogP) is 5.97. The Labute approximate surface area is 186 Å². The van der Waals surface area contributed by atoms with Crippen molar-refractivity contribution in [1.29, 1.82) is 0 Å². The number of hydrogen-bond donors (Lipinski definition) is 2. The van der Waals surface area contributed by atoms with E-state index in [1.54, 1.807) is 18.2 Å². The zero-order valence-corrected chi connectivity index (χ0v) is 18.1. The number of nitrogens with one attached hydrogen (secondary N) is 1. The number of carbonyl (C=O) groups is 1. The molecule has 3 aromatic heterocycles. The third-order valence-electron chi connectivity index (χ3n) is 5.31. The molecule has 0 saturated heterocycles. The Morgan fingerprint density at radius 3 is 2.87 bits per heavy atom. The Bertz CT molecular complexity index is 1330. The summed E-state index contributed by atoms with van der Waals surface area (Å²) in [4.78, 5) is 19.6. The van der Waals surface area contributed by atoms with Crippen molar-refractivity contribution in [2.24, 2.45) is 0 Å². The van der Waals surface area contributed by atoms with Crippen LogP contribution in [0.2, 0.25) is 5.02 Å². The summed E-state index contributed by atoms with van der Waals surface area (Å²) in [6, 6.07) is 8.13. The van der Waals surface area contributed by atoms with Gasteiger partial charge in [0.15, 0.2) is 5.82 Å². The van der Waals surface area contributed by atoms with E-state index in [2.05, 4.69) is 9.97 Å². The molecule has 3 heterocycles. The number of halogens is 2. The van der Waals surface area contributed by atoms with Gasteiger partial charge >= 0.3 is 5.97 Å². The Morgan fingerprint density at radius 2 is 2.16 bits per heavy atom. The van der Waals surface area contributed by atoms with E-state index in [-0.39, 0.29) is 10.7 Å². The van der Waals surface area contributed by atoms with Crippen LogP contribution in [-0.4, -0.2) is 30.8 Å². The Kier molecular flexibility index (Phi) is 4.98. The molecule has 0 unspecified atom stereocenters. The molecular formula is C22H18ClFN4O2S. The van der Waals surface area contributed by atoms with Gasteiger partial charge in [-0.1, -0.05) is 29.4 Å². The molecule has 9 heteroatoms. The van der Waals surface area contributed by atoms with Gasteiger partial charge in [0, 0.05) is 34.5 Å². The van der Waals surface area contributed by atoms with Crippen molar-refractivity contribution >= 4 is 40.2 Å². The number of hydrogen-bond acceptors (Lipinski definition) is 4. The van der Waals surface area contributed by atoms with Gasteiger partial charge < -0.3 is 10.1 Å². The highest BCUT2D eigenvalue weighted by Gasteiger charge is 2.32. The van der Waals surface area contributed by atoms with Crippen molar-refractivity contribution in [2.45, 2.75) is 42.1 Å². The molecule has 6 nitrogen and oxygen atoms in total. The summed E-state index contributed by atoms with van der Waals surface area (Å²) in [7, 11) is 0. The molecule has 1 aromatic carbocycles. The maximum atomic E-state index is 14.9. The molecule has 5 rings (SSSR count). The number of aromatic amines is 1. The highest BCUT2D eigenvalue weighted by atomic mass is 35.5. The van der Waals surface area contributed by atoms with Gasteiger partial charge in [-0.2, -0.15) is 5.10 Å². The van der Waals surface area contributed by atoms with E-state index in [1.807, 2.05) is 17.8 Å². The zero-order chi connectivity index (χ0) is 21.7. The van der Waals surface area contributed by atoms with E-state index in [0.29, 0.717) is 21.8 Å². The van der Waals surface area contributed by atoms with Crippen molar-refractivity contribution in [1.82, 2.24) is 19.7 Å². The van der Waals surface area contributed by atoms with Gasteiger partial charge in [0.05, 0.1) is 21.9 Å². The van der Waals surface area contributed by atoms with Crippen LogP contribution >= 0.6 is 23.4 Å². The average molecular weight is 457 g/mol. The number of benzene rings is 1. The van der Waals surface area contributed by atoms with Gasteiger partial charge in [-0.05, 0) is 44.0 Å². The first-order valence-electron chi connectivity index (χ1n) is 9.91. The quantitative estimate of drug-likeness (QED) is 0.373. The first-order valence-corrected chi connectivity index (χ1v) is 11.1. The van der Waals surface area contributed by atoms with Crippen LogP contribution in [0.25, 0.3) is 22.2 Å². The zero-order valence-electron chi connectivity index (χ0n) is 16.5. The van der Waals surface area contributed by atoms with Crippen LogP contribution in [0.15, 0.2) is 46.5 Å². The van der Waals surface area contributed by atoms with Crippen molar-refractivity contribution in [3.63, 3.8) is 0 Å². The number of fused-ring (bicyclic) bond motifs is 1. The second-order valence-corrected chi connectivity index (χ2v) is 8.88. The lowest BCUT2D eigenvalue weighted by Crippen LogP contribution is -2.00. The lowest BCUT2D eigenvalue weighted by Gasteiger charge is -2.06. The molecule has 31 heavy (non-hydrogen) atoms. The highest BCUT2D eigenvalue weighted by molar-refractivity contribution is 7.99. The molecule has 0 amide bonds. The second kappa shape index (κ2) is 7.69. The van der Waals surface area contributed by atoms with Crippen LogP contribution < -0.4 is 0 Å². The minimum atomic E-state index is -1.10. The van der Waals surface area contributed by atoms with Crippen LogP contribution in [-0.2, 0) is 6.54 Å². The van der Waals surface area contributed by atoms with E-state index in [9.17, 15) is 14.3 Å². The number of carboxylic acids is 1. The predicted molar refractivity (Wildman–Crippen MR) is 117 cm³/mol. The summed E-state index contributed by atoms with van der Waals surface area (Å²) in [6.45, 7) is 2.75. The van der Waals surface area contributed by atoms with Gasteiger partial charge in [0.1, 0.15) is 10.7 Å². The summed E-state index contributed by atoms with van der Waals surface area (Å²) < 4.78 is 16.8. The molecule has 1 fully saturated rings. The monoisotopic (exact) mass is 456 g/mol. The molecule has 1 aliphatic rings. The first kappa shape index (κ1) is 20.1. The molecule has 0 bridgehead atoms. The van der Waals surface area contributed by atoms with E-state index in [4.69, 9.17) is 16.7 Å². The van der Waals surface area contributed by atoms with Gasteiger partial charge in [-0.15, -0.1) is 0 Å². The maximum absolute atomic E-state index is 14.9. The molecule has 1 aliphatic carbocycles. The summed E-state index contributed by atoms with van der Waals surface area (Å²) in [5.74, 6) is -1.22. The molecule has 0 atom stereocenters. The van der Waals surface area contributed by atoms with Crippen LogP contribution in [0.5, 0.6) is 0 Å². The maximum Gasteiger partial charge on any atom is 0.354 e. The molecule has 0 aliphatic heterocycles. The number of rotatable bonds is 6. The Balaban J connectivity index is 1.72. The van der Waals surface area contributed by atoms with E-state index < -0.39 is 11.8 Å². The molecular weight excluding hydrogens is 439 g/mol. The SMILES string of the molecule is CCn1cc(-c2[nH]c3c(F)c(Cl)ccc3c2Sc2cccc(C(=O)O)n2)c(C2CC2)n1. The third kappa shape index (κ3) is 3.59. The number of aryl methyl sites for hydroxylation is 1. The third-order valence-corrected chi connectivity index (χ3v) is 6.67. The number of nitrogens with zero attached hydrogens (tertiary/aromatic N) is 3. The number of carboxylic acid groups (broad SMARTS) is 1. The molecule has 1 saturated carbocycles. The number of pyridine rings is 1. The standard InChI is InChI=1S/C22H18ClFN4O2S/c1-2-28-10-13(18(27-28)11-6-7-11)20-21(12-8-9-14(23)17(24)19(12)26-20)31-16-5-3-4-15(25-16)22(29)30/h3-5,8-11,26H,2,6-7H2,1H3,(H,29,30). The van der Waals surface area contributed by atoms with E-state index in [1.165, 1.54) is 23.9 Å². The fourth-order valence-electron chi connectivity index (χ4n) is 3.62. The largest absolute Gasteiger partial charge is 0.477 e. The topological polar surface area (TPSA) is 83.8 Å². The van der Waals surface area contributed by atoms with Gasteiger partial charge in [-0.25, -0.2) is 14.2 Å². The normalized spacial score (nSPS) is 13.8. The lowest BCUT2D eigenvalue weighted by atomic mass is 10.1. The summed E-state index contributed by atoms with van der Waals surface area (Å²) >= 11 is 7.33. The fourth-order valence-corrected chi connectivity index (χ4v) is 4.82. The second-order valence-electron chi connectivity index (χ2n) is 7.44. The number of H-pyrrole nitrogens is 1. The van der Waals surface area contributed by atoms with Gasteiger partial charge in [0.2, 0.25) is 0 Å². The van der Waals surface area contributed by atoms with Crippen LogP contribution in [0, 0.1) is 5.82 Å². The Hall–Kier alpha value is -2.84. The lowest BCUT2D eigenvalue weighted by molar-refractivity contribution is 0.0689. The van der Waals surface area contributed by atoms with Crippen molar-refractivity contribution in [3.05, 3.63) is 58.8 Å². The molecule has 2 N–H and O–H groups in total. The van der Waals surface area contributed by atoms with Crippen LogP contribution in [0.1, 0.15) is 41.9 Å². The van der Waals surface area contributed by atoms with Gasteiger partial charge in [-0.3, -0.25) is 4.68 Å². The summed E-state index contributed by atoms with van der Waals surface area (Å²) in [5.41, 5.74) is 2.93. The molecule has 158 valence electrons. The molecule has 0 spiro atoms. The smallest absolute Gasteiger partial charge is 0.354 e. The van der Waals surface area contributed by atoms with Crippen molar-refractivity contribution < 1.29 is 14.3 Å². The highest BCUT2D eigenvalue weighted by Crippen LogP contribution is 2.48. The van der Waals surface area contributed by atoms with Crippen LogP contribution in [0.4, 0.5) is 4.39 Å². The van der Waals surface area contributed by atoms with Crippen molar-refractivity contribution in [2.75, 3.05) is 0 Å². The van der Waals surface area contributed by atoms with Crippen LogP contribution in [0.3, 0.4) is 0 Å². The van der Waals surface area contributed by atoms with Crippen molar-refractivity contribution in [3.8, 4) is 11.3 Å². The first-order chi connectivity index (χ1) is 15.0. The minimum absolute atomic E-state index is 0.0366. The number of aromatic carboxylic acids is 1. The average Bonchev–Trinajstić information content (AvgIpc) is 3.42. The van der Waals surface area contributed by atoms with Gasteiger partial charge in [0.25, 0.3) is 0 Å². The van der Waals surface area contributed by atoms with E-state index in [0.717, 1.165) is 41.2 Å². The molecule has 4 aromatic rings. The molecule has 0 radical (unpaired) electrons. The minimum Gasteiger partial charge on any atom is -0.477 e. The number of aromatic nitrogens is 4.